The lowest BCUT2D eigenvalue weighted by Crippen LogP contribution is -2.39. The molecule has 4 nitrogen and oxygen atoms in total. The van der Waals surface area contributed by atoms with Crippen molar-refractivity contribution in [2.24, 2.45) is 0 Å². The average molecular weight is 475 g/mol. The largest absolute Gasteiger partial charge is 0.491 e. The van der Waals surface area contributed by atoms with Crippen molar-refractivity contribution in [1.29, 1.82) is 0 Å². The molecule has 0 aliphatic heterocycles. The van der Waals surface area contributed by atoms with Gasteiger partial charge in [0, 0.05) is 16.8 Å². The Morgan fingerprint density at radius 3 is 2.29 bits per heavy atom. The summed E-state index contributed by atoms with van der Waals surface area (Å²) in [6.07, 6.45) is 0. The van der Waals surface area contributed by atoms with Gasteiger partial charge in [0.05, 0.1) is 6.04 Å². The Labute approximate surface area is 208 Å². The van der Waals surface area contributed by atoms with Crippen LogP contribution in [0.4, 0.5) is 5.69 Å². The van der Waals surface area contributed by atoms with Crippen molar-refractivity contribution in [2.45, 2.75) is 53.0 Å². The van der Waals surface area contributed by atoms with Crippen molar-refractivity contribution >= 4 is 28.8 Å². The molecular weight excluding hydrogens is 440 g/mol. The van der Waals surface area contributed by atoms with E-state index in [9.17, 15) is 4.79 Å². The van der Waals surface area contributed by atoms with Gasteiger partial charge in [0.1, 0.15) is 12.4 Å². The van der Waals surface area contributed by atoms with Gasteiger partial charge < -0.3 is 15.4 Å². The topological polar surface area (TPSA) is 50.4 Å². The molecule has 0 saturated heterocycles. The van der Waals surface area contributed by atoms with Crippen LogP contribution in [-0.2, 0) is 5.41 Å². The van der Waals surface area contributed by atoms with Gasteiger partial charge in [-0.2, -0.15) is 0 Å². The molecule has 1 atom stereocenters. The Balaban J connectivity index is 1.57. The first-order valence-corrected chi connectivity index (χ1v) is 12.0. The first kappa shape index (κ1) is 25.4. The molecule has 0 heterocycles. The van der Waals surface area contributed by atoms with Crippen molar-refractivity contribution < 1.29 is 9.53 Å². The highest BCUT2D eigenvalue weighted by Gasteiger charge is 2.15. The predicted molar refractivity (Wildman–Crippen MR) is 145 cm³/mol. The highest BCUT2D eigenvalue weighted by molar-refractivity contribution is 7.80. The Morgan fingerprint density at radius 2 is 1.65 bits per heavy atom. The highest BCUT2D eigenvalue weighted by atomic mass is 32.1. The van der Waals surface area contributed by atoms with Gasteiger partial charge in [-0.15, -0.1) is 0 Å². The van der Waals surface area contributed by atoms with E-state index >= 15 is 0 Å². The third-order valence-corrected chi connectivity index (χ3v) is 5.97. The monoisotopic (exact) mass is 474 g/mol. The molecule has 34 heavy (non-hydrogen) atoms. The third-order valence-electron chi connectivity index (χ3n) is 5.75. The minimum Gasteiger partial charge on any atom is -0.491 e. The maximum atomic E-state index is 13.0. The first-order valence-electron chi connectivity index (χ1n) is 11.6. The second kappa shape index (κ2) is 10.8. The van der Waals surface area contributed by atoms with Gasteiger partial charge >= 0.3 is 0 Å². The molecule has 0 spiro atoms. The molecule has 0 aliphatic rings. The van der Waals surface area contributed by atoms with Crippen LogP contribution in [0.25, 0.3) is 0 Å². The average Bonchev–Trinajstić information content (AvgIpc) is 2.79. The zero-order valence-electron chi connectivity index (χ0n) is 20.9. The number of hydrogen-bond acceptors (Lipinski definition) is 3. The second-order valence-electron chi connectivity index (χ2n) is 9.79. The maximum absolute atomic E-state index is 13.0. The van der Waals surface area contributed by atoms with Crippen LogP contribution in [0.3, 0.4) is 0 Å². The summed E-state index contributed by atoms with van der Waals surface area (Å²) in [4.78, 5) is 13.0. The number of aryl methyl sites for hydroxylation is 2. The number of anilines is 1. The molecule has 0 aliphatic carbocycles. The Bertz CT molecular complexity index is 1160. The number of rotatable bonds is 7. The number of carbonyl (C=O) groups is 1. The normalized spacial score (nSPS) is 12.1. The summed E-state index contributed by atoms with van der Waals surface area (Å²) < 4.78 is 5.89. The minimum absolute atomic E-state index is 0.00718. The van der Waals surface area contributed by atoms with E-state index in [-0.39, 0.29) is 17.2 Å². The number of benzene rings is 3. The highest BCUT2D eigenvalue weighted by Crippen LogP contribution is 2.23. The Kier molecular flexibility index (Phi) is 8.11. The van der Waals surface area contributed by atoms with Gasteiger partial charge in [-0.3, -0.25) is 4.79 Å². The number of nitrogens with one attached hydrogen (secondary N) is 2. The van der Waals surface area contributed by atoms with Gasteiger partial charge in [-0.25, -0.2) is 0 Å². The predicted octanol–water partition coefficient (Wildman–Crippen LogP) is 6.59. The van der Waals surface area contributed by atoms with E-state index in [0.29, 0.717) is 22.8 Å². The van der Waals surface area contributed by atoms with Gasteiger partial charge in [-0.05, 0) is 79.4 Å². The van der Waals surface area contributed by atoms with Crippen LogP contribution in [0.15, 0.2) is 66.7 Å². The summed E-state index contributed by atoms with van der Waals surface area (Å²) in [5, 5.41) is 6.89. The summed E-state index contributed by atoms with van der Waals surface area (Å²) in [6.45, 7) is 13.1. The number of ketones is 1. The zero-order valence-corrected chi connectivity index (χ0v) is 21.7. The van der Waals surface area contributed by atoms with Gasteiger partial charge in [-0.1, -0.05) is 63.2 Å². The first-order chi connectivity index (χ1) is 16.0. The summed E-state index contributed by atoms with van der Waals surface area (Å²) in [5.41, 5.74) is 5.74. The molecule has 0 amide bonds. The standard InChI is InChI=1S/C29H34N2O2S/c1-19-10-15-26(16-20(19)2)33-18-21(3)30-28(34)31-25-9-7-8-23(17-25)27(32)22-11-13-24(14-12-22)29(4,5)6/h7-17,21H,18H2,1-6H3,(H2,30,31,34). The van der Waals surface area contributed by atoms with E-state index in [1.807, 2.05) is 67.6 Å². The molecule has 178 valence electrons. The number of ether oxygens (including phenoxy) is 1. The van der Waals surface area contributed by atoms with Crippen molar-refractivity contribution in [2.75, 3.05) is 11.9 Å². The van der Waals surface area contributed by atoms with E-state index in [1.54, 1.807) is 0 Å². The molecule has 3 aromatic rings. The lowest BCUT2D eigenvalue weighted by Gasteiger charge is -2.19. The van der Waals surface area contributed by atoms with Crippen LogP contribution in [-0.4, -0.2) is 23.5 Å². The van der Waals surface area contributed by atoms with Gasteiger partial charge in [0.25, 0.3) is 0 Å². The smallest absolute Gasteiger partial charge is 0.193 e. The van der Waals surface area contributed by atoms with Gasteiger partial charge in [0.15, 0.2) is 10.9 Å². The maximum Gasteiger partial charge on any atom is 0.193 e. The molecule has 5 heteroatoms. The lowest BCUT2D eigenvalue weighted by atomic mass is 9.86. The minimum atomic E-state index is -0.0156. The number of hydrogen-bond donors (Lipinski definition) is 2. The van der Waals surface area contributed by atoms with Crippen molar-refractivity contribution in [1.82, 2.24) is 5.32 Å². The van der Waals surface area contributed by atoms with E-state index in [1.165, 1.54) is 16.7 Å². The van der Waals surface area contributed by atoms with Crippen LogP contribution < -0.4 is 15.4 Å². The van der Waals surface area contributed by atoms with Gasteiger partial charge in [0.2, 0.25) is 0 Å². The third kappa shape index (κ3) is 6.91. The number of thiocarbonyl (C=S) groups is 1. The second-order valence-corrected chi connectivity index (χ2v) is 10.2. The summed E-state index contributed by atoms with van der Waals surface area (Å²) >= 11 is 5.47. The van der Waals surface area contributed by atoms with Crippen LogP contribution in [0, 0.1) is 13.8 Å². The molecule has 0 fully saturated rings. The zero-order chi connectivity index (χ0) is 24.9. The number of carbonyl (C=O) groups excluding carboxylic acids is 1. The van der Waals surface area contributed by atoms with E-state index < -0.39 is 0 Å². The van der Waals surface area contributed by atoms with Crippen molar-refractivity contribution in [3.8, 4) is 5.75 Å². The van der Waals surface area contributed by atoms with E-state index in [4.69, 9.17) is 17.0 Å². The van der Waals surface area contributed by atoms with E-state index in [2.05, 4.69) is 51.3 Å². The fraction of sp³-hybridized carbons (Fsp3) is 0.310. The Hall–Kier alpha value is -3.18. The van der Waals surface area contributed by atoms with Crippen LogP contribution in [0.1, 0.15) is 60.3 Å². The van der Waals surface area contributed by atoms with Crippen LogP contribution in [0.2, 0.25) is 0 Å². The lowest BCUT2D eigenvalue weighted by molar-refractivity contribution is 0.103. The molecule has 0 aromatic heterocycles. The van der Waals surface area contributed by atoms with Crippen molar-refractivity contribution in [3.05, 3.63) is 94.5 Å². The van der Waals surface area contributed by atoms with Crippen LogP contribution in [0.5, 0.6) is 5.75 Å². The van der Waals surface area contributed by atoms with Crippen molar-refractivity contribution in [3.63, 3.8) is 0 Å². The quantitative estimate of drug-likeness (QED) is 0.299. The summed E-state index contributed by atoms with van der Waals surface area (Å²) in [7, 11) is 0. The molecule has 0 radical (unpaired) electrons. The fourth-order valence-corrected chi connectivity index (χ4v) is 3.80. The molecule has 1 unspecified atom stereocenters. The van der Waals surface area contributed by atoms with Crippen LogP contribution >= 0.6 is 12.2 Å². The molecule has 0 bridgehead atoms. The SMILES string of the molecule is Cc1ccc(OCC(C)NC(=S)Nc2cccc(C(=O)c3ccc(C(C)(C)C)cc3)c2)cc1C. The van der Waals surface area contributed by atoms with E-state index in [0.717, 1.165) is 11.4 Å². The molecular formula is C29H34N2O2S. The summed E-state index contributed by atoms with van der Waals surface area (Å²) in [6, 6.07) is 21.3. The fourth-order valence-electron chi connectivity index (χ4n) is 3.48. The molecule has 2 N–H and O–H groups in total. The molecule has 3 aromatic carbocycles. The Morgan fingerprint density at radius 1 is 0.941 bits per heavy atom. The summed E-state index contributed by atoms with van der Waals surface area (Å²) in [5.74, 6) is 0.829. The molecule has 0 saturated carbocycles. The molecule has 3 rings (SSSR count).